The van der Waals surface area contributed by atoms with Gasteiger partial charge in [0.05, 0.1) is 18.7 Å². The normalized spacial score (nSPS) is 11.8. The first-order valence-electron chi connectivity index (χ1n) is 6.31. The SMILES string of the molecule is COc1ccc(Br)c(C(=O)N[C@@H](C)c2ccccc2)c1. The lowest BCUT2D eigenvalue weighted by Gasteiger charge is -2.15. The molecule has 20 heavy (non-hydrogen) atoms. The molecule has 0 saturated carbocycles. The van der Waals surface area contributed by atoms with Crippen LogP contribution in [0.25, 0.3) is 0 Å². The molecule has 0 radical (unpaired) electrons. The number of benzene rings is 2. The summed E-state index contributed by atoms with van der Waals surface area (Å²) < 4.78 is 5.90. The predicted molar refractivity (Wildman–Crippen MR) is 83.0 cm³/mol. The molecule has 0 aliphatic heterocycles. The lowest BCUT2D eigenvalue weighted by atomic mass is 10.1. The van der Waals surface area contributed by atoms with E-state index in [-0.39, 0.29) is 11.9 Å². The van der Waals surface area contributed by atoms with Gasteiger partial charge in [0, 0.05) is 4.47 Å². The summed E-state index contributed by atoms with van der Waals surface area (Å²) in [7, 11) is 1.58. The van der Waals surface area contributed by atoms with Gasteiger partial charge in [-0.1, -0.05) is 30.3 Å². The largest absolute Gasteiger partial charge is 0.497 e. The highest BCUT2D eigenvalue weighted by molar-refractivity contribution is 9.10. The van der Waals surface area contributed by atoms with Crippen LogP contribution >= 0.6 is 15.9 Å². The Morgan fingerprint density at radius 2 is 1.90 bits per heavy atom. The minimum absolute atomic E-state index is 0.0539. The Bertz CT molecular complexity index is 599. The number of methoxy groups -OCH3 is 1. The predicted octanol–water partition coefficient (Wildman–Crippen LogP) is 3.95. The van der Waals surface area contributed by atoms with Crippen molar-refractivity contribution >= 4 is 21.8 Å². The summed E-state index contributed by atoms with van der Waals surface area (Å²) >= 11 is 3.39. The van der Waals surface area contributed by atoms with Gasteiger partial charge in [0.15, 0.2) is 0 Å². The van der Waals surface area contributed by atoms with Crippen molar-refractivity contribution in [3.05, 3.63) is 64.1 Å². The van der Waals surface area contributed by atoms with Crippen LogP contribution in [0, 0.1) is 0 Å². The number of rotatable bonds is 4. The zero-order valence-electron chi connectivity index (χ0n) is 11.4. The van der Waals surface area contributed by atoms with Crippen molar-refractivity contribution in [2.45, 2.75) is 13.0 Å². The standard InChI is InChI=1S/C16H16BrNO2/c1-11(12-6-4-3-5-7-12)18-16(19)14-10-13(20-2)8-9-15(14)17/h3-11H,1-2H3,(H,18,19)/t11-/m0/s1. The molecular weight excluding hydrogens is 318 g/mol. The Balaban J connectivity index is 2.16. The number of carbonyl (C=O) groups is 1. The minimum Gasteiger partial charge on any atom is -0.497 e. The van der Waals surface area contributed by atoms with Crippen molar-refractivity contribution in [2.75, 3.05) is 7.11 Å². The Labute approximate surface area is 127 Å². The molecule has 0 heterocycles. The molecule has 0 fully saturated rings. The third-order valence-corrected chi connectivity index (χ3v) is 3.76. The van der Waals surface area contributed by atoms with Crippen LogP contribution in [-0.4, -0.2) is 13.0 Å². The van der Waals surface area contributed by atoms with Gasteiger partial charge in [0.1, 0.15) is 5.75 Å². The molecular formula is C16H16BrNO2. The third kappa shape index (κ3) is 3.39. The number of hydrogen-bond donors (Lipinski definition) is 1. The molecule has 1 amide bonds. The van der Waals surface area contributed by atoms with Gasteiger partial charge in [-0.25, -0.2) is 0 Å². The third-order valence-electron chi connectivity index (χ3n) is 3.07. The van der Waals surface area contributed by atoms with Crippen molar-refractivity contribution in [3.8, 4) is 5.75 Å². The summed E-state index contributed by atoms with van der Waals surface area (Å²) in [4.78, 5) is 12.3. The van der Waals surface area contributed by atoms with Crippen LogP contribution in [-0.2, 0) is 0 Å². The smallest absolute Gasteiger partial charge is 0.253 e. The molecule has 104 valence electrons. The van der Waals surface area contributed by atoms with Gasteiger partial charge in [-0.15, -0.1) is 0 Å². The van der Waals surface area contributed by atoms with E-state index < -0.39 is 0 Å². The minimum atomic E-state index is -0.132. The molecule has 3 nitrogen and oxygen atoms in total. The van der Waals surface area contributed by atoms with Crippen molar-refractivity contribution in [1.82, 2.24) is 5.32 Å². The van der Waals surface area contributed by atoms with E-state index in [0.717, 1.165) is 10.0 Å². The lowest BCUT2D eigenvalue weighted by Crippen LogP contribution is -2.26. The maximum Gasteiger partial charge on any atom is 0.253 e. The molecule has 0 bridgehead atoms. The number of hydrogen-bond acceptors (Lipinski definition) is 2. The molecule has 0 unspecified atom stereocenters. The van der Waals surface area contributed by atoms with Gasteiger partial charge < -0.3 is 10.1 Å². The first-order chi connectivity index (χ1) is 9.61. The van der Waals surface area contributed by atoms with Gasteiger partial charge in [-0.3, -0.25) is 4.79 Å². The summed E-state index contributed by atoms with van der Waals surface area (Å²) in [6.45, 7) is 1.96. The summed E-state index contributed by atoms with van der Waals surface area (Å²) in [5, 5.41) is 2.98. The molecule has 0 aromatic heterocycles. The second-order valence-electron chi connectivity index (χ2n) is 4.45. The maximum absolute atomic E-state index is 12.3. The van der Waals surface area contributed by atoms with Crippen LogP contribution in [0.4, 0.5) is 0 Å². The van der Waals surface area contributed by atoms with Crippen LogP contribution < -0.4 is 10.1 Å². The topological polar surface area (TPSA) is 38.3 Å². The number of ether oxygens (including phenoxy) is 1. The molecule has 4 heteroatoms. The zero-order valence-corrected chi connectivity index (χ0v) is 13.0. The summed E-state index contributed by atoms with van der Waals surface area (Å²) in [5.41, 5.74) is 1.63. The summed E-state index contributed by atoms with van der Waals surface area (Å²) in [6, 6.07) is 15.1. The molecule has 1 N–H and O–H groups in total. The summed E-state index contributed by atoms with van der Waals surface area (Å²) in [6.07, 6.45) is 0. The van der Waals surface area contributed by atoms with Crippen molar-refractivity contribution in [1.29, 1.82) is 0 Å². The summed E-state index contributed by atoms with van der Waals surface area (Å²) in [5.74, 6) is 0.526. The Kier molecular flexibility index (Phi) is 4.79. The molecule has 1 atom stereocenters. The van der Waals surface area contributed by atoms with Gasteiger partial charge in [0.25, 0.3) is 5.91 Å². The molecule has 0 aliphatic rings. The maximum atomic E-state index is 12.3. The van der Waals surface area contributed by atoms with Crippen molar-refractivity contribution in [2.24, 2.45) is 0 Å². The van der Waals surface area contributed by atoms with Gasteiger partial charge in [0.2, 0.25) is 0 Å². The molecule has 2 aromatic carbocycles. The zero-order chi connectivity index (χ0) is 14.5. The second kappa shape index (κ2) is 6.57. The van der Waals surface area contributed by atoms with E-state index in [4.69, 9.17) is 4.74 Å². The Morgan fingerprint density at radius 1 is 1.20 bits per heavy atom. The first kappa shape index (κ1) is 14.6. The van der Waals surface area contributed by atoms with Gasteiger partial charge in [-0.2, -0.15) is 0 Å². The van der Waals surface area contributed by atoms with E-state index in [9.17, 15) is 4.79 Å². The fraction of sp³-hybridized carbons (Fsp3) is 0.188. The van der Waals surface area contributed by atoms with E-state index in [1.54, 1.807) is 19.2 Å². The van der Waals surface area contributed by atoms with Crippen LogP contribution in [0.15, 0.2) is 53.0 Å². The van der Waals surface area contributed by atoms with Crippen molar-refractivity contribution < 1.29 is 9.53 Å². The Hall–Kier alpha value is -1.81. The molecule has 0 aliphatic carbocycles. The quantitative estimate of drug-likeness (QED) is 0.919. The van der Waals surface area contributed by atoms with E-state index in [1.165, 1.54) is 0 Å². The van der Waals surface area contributed by atoms with Crippen LogP contribution in [0.5, 0.6) is 5.75 Å². The fourth-order valence-corrected chi connectivity index (χ4v) is 2.33. The molecule has 2 aromatic rings. The highest BCUT2D eigenvalue weighted by Gasteiger charge is 2.14. The van der Waals surface area contributed by atoms with Crippen LogP contribution in [0.3, 0.4) is 0 Å². The molecule has 0 spiro atoms. The van der Waals surface area contributed by atoms with E-state index in [2.05, 4.69) is 21.2 Å². The van der Waals surface area contributed by atoms with Gasteiger partial charge in [-0.05, 0) is 46.6 Å². The van der Waals surface area contributed by atoms with Crippen LogP contribution in [0.2, 0.25) is 0 Å². The molecule has 0 saturated heterocycles. The van der Waals surface area contributed by atoms with Crippen molar-refractivity contribution in [3.63, 3.8) is 0 Å². The van der Waals surface area contributed by atoms with E-state index in [1.807, 2.05) is 43.3 Å². The number of halogens is 1. The fourth-order valence-electron chi connectivity index (χ4n) is 1.90. The monoisotopic (exact) mass is 333 g/mol. The average Bonchev–Trinajstić information content (AvgIpc) is 2.48. The second-order valence-corrected chi connectivity index (χ2v) is 5.31. The highest BCUT2D eigenvalue weighted by Crippen LogP contribution is 2.23. The number of carbonyl (C=O) groups excluding carboxylic acids is 1. The van der Waals surface area contributed by atoms with Gasteiger partial charge >= 0.3 is 0 Å². The highest BCUT2D eigenvalue weighted by atomic mass is 79.9. The first-order valence-corrected chi connectivity index (χ1v) is 7.10. The van der Waals surface area contributed by atoms with E-state index in [0.29, 0.717) is 11.3 Å². The number of nitrogens with one attached hydrogen (secondary N) is 1. The Morgan fingerprint density at radius 3 is 2.55 bits per heavy atom. The number of amides is 1. The van der Waals surface area contributed by atoms with E-state index >= 15 is 0 Å². The molecule has 2 rings (SSSR count). The average molecular weight is 334 g/mol. The van der Waals surface area contributed by atoms with Crippen LogP contribution in [0.1, 0.15) is 28.9 Å². The lowest BCUT2D eigenvalue weighted by molar-refractivity contribution is 0.0938.